The van der Waals surface area contributed by atoms with Crippen LogP contribution >= 0.6 is 0 Å². The van der Waals surface area contributed by atoms with Crippen LogP contribution in [0.2, 0.25) is 0 Å². The lowest BCUT2D eigenvalue weighted by atomic mass is 10.1. The molecule has 1 heterocycles. The minimum Gasteiger partial charge on any atom is -0.311 e. The van der Waals surface area contributed by atoms with Gasteiger partial charge >= 0.3 is 0 Å². The number of rotatable bonds is 4. The SMILES string of the molecule is Cc1cc(C)cc(N2CCC(NS(=O)(=O)c3ccccc3)C2=O)c1. The van der Waals surface area contributed by atoms with Crippen LogP contribution in [0.3, 0.4) is 0 Å². The first-order valence-electron chi connectivity index (χ1n) is 7.84. The fraction of sp³-hybridized carbons (Fsp3) is 0.278. The average molecular weight is 344 g/mol. The zero-order chi connectivity index (χ0) is 17.3. The summed E-state index contributed by atoms with van der Waals surface area (Å²) in [5.41, 5.74) is 2.97. The van der Waals surface area contributed by atoms with Crippen LogP contribution in [0.5, 0.6) is 0 Å². The van der Waals surface area contributed by atoms with Crippen LogP contribution in [0, 0.1) is 13.8 Å². The highest BCUT2D eigenvalue weighted by atomic mass is 32.2. The summed E-state index contributed by atoms with van der Waals surface area (Å²) >= 11 is 0. The number of nitrogens with zero attached hydrogens (tertiary/aromatic N) is 1. The Morgan fingerprint density at radius 1 is 1.04 bits per heavy atom. The number of benzene rings is 2. The highest BCUT2D eigenvalue weighted by Crippen LogP contribution is 2.25. The van der Waals surface area contributed by atoms with Gasteiger partial charge in [0.2, 0.25) is 15.9 Å². The first-order valence-corrected chi connectivity index (χ1v) is 9.32. The van der Waals surface area contributed by atoms with Gasteiger partial charge in [0, 0.05) is 12.2 Å². The summed E-state index contributed by atoms with van der Waals surface area (Å²) in [6, 6.07) is 13.3. The number of amides is 1. The first kappa shape index (κ1) is 16.7. The van der Waals surface area contributed by atoms with Crippen molar-refractivity contribution in [3.8, 4) is 0 Å². The summed E-state index contributed by atoms with van der Waals surface area (Å²) in [5, 5.41) is 0. The minimum absolute atomic E-state index is 0.169. The van der Waals surface area contributed by atoms with E-state index >= 15 is 0 Å². The molecule has 1 saturated heterocycles. The molecule has 24 heavy (non-hydrogen) atoms. The Balaban J connectivity index is 1.79. The van der Waals surface area contributed by atoms with Gasteiger partial charge < -0.3 is 4.90 Å². The van der Waals surface area contributed by atoms with Crippen LogP contribution in [0.15, 0.2) is 53.4 Å². The molecule has 0 aliphatic carbocycles. The second-order valence-corrected chi connectivity index (χ2v) is 7.83. The van der Waals surface area contributed by atoms with Crippen LogP contribution in [-0.2, 0) is 14.8 Å². The van der Waals surface area contributed by atoms with E-state index in [4.69, 9.17) is 0 Å². The van der Waals surface area contributed by atoms with E-state index in [2.05, 4.69) is 4.72 Å². The monoisotopic (exact) mass is 344 g/mol. The van der Waals surface area contributed by atoms with Crippen molar-refractivity contribution in [3.05, 3.63) is 59.7 Å². The van der Waals surface area contributed by atoms with Gasteiger partial charge in [-0.05, 0) is 55.7 Å². The topological polar surface area (TPSA) is 66.5 Å². The Kier molecular flexibility index (Phi) is 4.43. The van der Waals surface area contributed by atoms with E-state index in [1.54, 1.807) is 23.1 Å². The molecule has 1 fully saturated rings. The summed E-state index contributed by atoms with van der Waals surface area (Å²) < 4.78 is 27.3. The Bertz CT molecular complexity index is 843. The molecule has 2 aromatic rings. The molecule has 0 spiro atoms. The highest BCUT2D eigenvalue weighted by Gasteiger charge is 2.35. The number of hydrogen-bond donors (Lipinski definition) is 1. The van der Waals surface area contributed by atoms with Crippen molar-refractivity contribution in [1.29, 1.82) is 0 Å². The number of anilines is 1. The lowest BCUT2D eigenvalue weighted by Gasteiger charge is -2.18. The molecule has 126 valence electrons. The molecule has 6 heteroatoms. The molecule has 1 amide bonds. The maximum Gasteiger partial charge on any atom is 0.245 e. The highest BCUT2D eigenvalue weighted by molar-refractivity contribution is 7.89. The van der Waals surface area contributed by atoms with Crippen LogP contribution in [-0.4, -0.2) is 26.9 Å². The average Bonchev–Trinajstić information content (AvgIpc) is 2.88. The van der Waals surface area contributed by atoms with Gasteiger partial charge in [0.15, 0.2) is 0 Å². The number of carbonyl (C=O) groups is 1. The summed E-state index contributed by atoms with van der Waals surface area (Å²) in [6.07, 6.45) is 0.456. The van der Waals surface area contributed by atoms with Crippen molar-refractivity contribution in [1.82, 2.24) is 4.72 Å². The van der Waals surface area contributed by atoms with Gasteiger partial charge in [0.1, 0.15) is 6.04 Å². The zero-order valence-corrected chi connectivity index (χ0v) is 14.5. The Morgan fingerprint density at radius 2 is 1.67 bits per heavy atom. The second-order valence-electron chi connectivity index (χ2n) is 6.11. The van der Waals surface area contributed by atoms with Crippen LogP contribution in [0.25, 0.3) is 0 Å². The fourth-order valence-corrected chi connectivity index (χ4v) is 4.25. The quantitative estimate of drug-likeness (QED) is 0.926. The Hall–Kier alpha value is -2.18. The van der Waals surface area contributed by atoms with Gasteiger partial charge in [0.05, 0.1) is 4.90 Å². The third-order valence-corrected chi connectivity index (χ3v) is 5.56. The van der Waals surface area contributed by atoms with Gasteiger partial charge in [0.25, 0.3) is 0 Å². The normalized spacial score (nSPS) is 18.2. The molecule has 1 aliphatic heterocycles. The molecule has 0 bridgehead atoms. The van der Waals surface area contributed by atoms with Gasteiger partial charge in [-0.2, -0.15) is 4.72 Å². The van der Waals surface area contributed by atoms with E-state index in [1.807, 2.05) is 32.0 Å². The standard InChI is InChI=1S/C18H20N2O3S/c1-13-10-14(2)12-15(11-13)20-9-8-17(18(20)21)19-24(22,23)16-6-4-3-5-7-16/h3-7,10-12,17,19H,8-9H2,1-2H3. The first-order chi connectivity index (χ1) is 11.4. The van der Waals surface area contributed by atoms with E-state index in [-0.39, 0.29) is 10.8 Å². The van der Waals surface area contributed by atoms with E-state index in [1.165, 1.54) is 12.1 Å². The third kappa shape index (κ3) is 3.34. The lowest BCUT2D eigenvalue weighted by molar-refractivity contribution is -0.118. The molecular formula is C18H20N2O3S. The summed E-state index contributed by atoms with van der Waals surface area (Å²) in [4.78, 5) is 14.5. The molecule has 0 saturated carbocycles. The maximum atomic E-state index is 12.6. The van der Waals surface area contributed by atoms with Crippen molar-refractivity contribution in [2.45, 2.75) is 31.2 Å². The minimum atomic E-state index is -3.70. The van der Waals surface area contributed by atoms with Crippen molar-refractivity contribution in [2.24, 2.45) is 0 Å². The number of aryl methyl sites for hydroxylation is 2. The van der Waals surface area contributed by atoms with E-state index in [9.17, 15) is 13.2 Å². The van der Waals surface area contributed by atoms with Crippen LogP contribution in [0.4, 0.5) is 5.69 Å². The number of sulfonamides is 1. The summed E-state index contributed by atoms with van der Waals surface area (Å²) in [7, 11) is -3.70. The largest absolute Gasteiger partial charge is 0.311 e. The molecule has 3 rings (SSSR count). The molecular weight excluding hydrogens is 324 g/mol. The van der Waals surface area contributed by atoms with Gasteiger partial charge in [-0.1, -0.05) is 24.3 Å². The van der Waals surface area contributed by atoms with Gasteiger partial charge in [-0.3, -0.25) is 4.79 Å². The molecule has 1 aliphatic rings. The summed E-state index contributed by atoms with van der Waals surface area (Å²) in [5.74, 6) is -0.209. The molecule has 1 atom stereocenters. The predicted octanol–water partition coefficient (Wildman–Crippen LogP) is 2.39. The Labute approximate surface area is 142 Å². The number of carbonyl (C=O) groups excluding carboxylic acids is 1. The van der Waals surface area contributed by atoms with Crippen LogP contribution in [0.1, 0.15) is 17.5 Å². The molecule has 0 radical (unpaired) electrons. The van der Waals surface area contributed by atoms with E-state index in [0.29, 0.717) is 13.0 Å². The third-order valence-electron chi connectivity index (χ3n) is 4.07. The molecule has 1 unspecified atom stereocenters. The summed E-state index contributed by atoms with van der Waals surface area (Å²) in [6.45, 7) is 4.46. The Morgan fingerprint density at radius 3 is 2.29 bits per heavy atom. The molecule has 0 aromatic heterocycles. The number of hydrogen-bond acceptors (Lipinski definition) is 3. The predicted molar refractivity (Wildman–Crippen MR) is 93.4 cm³/mol. The van der Waals surface area contributed by atoms with Crippen LogP contribution < -0.4 is 9.62 Å². The van der Waals surface area contributed by atoms with Crippen molar-refractivity contribution >= 4 is 21.6 Å². The second kappa shape index (κ2) is 6.37. The number of nitrogens with one attached hydrogen (secondary N) is 1. The van der Waals surface area contributed by atoms with Gasteiger partial charge in [-0.15, -0.1) is 0 Å². The van der Waals surface area contributed by atoms with E-state index in [0.717, 1.165) is 16.8 Å². The molecule has 1 N–H and O–H groups in total. The smallest absolute Gasteiger partial charge is 0.245 e. The molecule has 2 aromatic carbocycles. The van der Waals surface area contributed by atoms with E-state index < -0.39 is 16.1 Å². The van der Waals surface area contributed by atoms with Crippen molar-refractivity contribution in [3.63, 3.8) is 0 Å². The lowest BCUT2D eigenvalue weighted by Crippen LogP contribution is -2.41. The van der Waals surface area contributed by atoms with Crippen molar-refractivity contribution in [2.75, 3.05) is 11.4 Å². The molecule has 5 nitrogen and oxygen atoms in total. The van der Waals surface area contributed by atoms with Crippen molar-refractivity contribution < 1.29 is 13.2 Å². The zero-order valence-electron chi connectivity index (χ0n) is 13.7. The maximum absolute atomic E-state index is 12.6. The van der Waals surface area contributed by atoms with Gasteiger partial charge in [-0.25, -0.2) is 8.42 Å². The fourth-order valence-electron chi connectivity index (χ4n) is 3.01.